The summed E-state index contributed by atoms with van der Waals surface area (Å²) in [5.41, 5.74) is 6.16. The molecule has 4 rings (SSSR count). The standard InChI is InChI=1S/C21H20N4O2S/c1-13-19(28-21(24-13)16-5-3-4-6-18(16)27-2)20(26)25-23-12-14-7-8-15-9-10-22-17(15)11-14/h3,5,7-12,22H,4,6H2,1-2H3,(H,25,26)/b23-12+. The van der Waals surface area contributed by atoms with Crippen molar-refractivity contribution in [3.05, 3.63) is 69.5 Å². The Morgan fingerprint density at radius 2 is 2.29 bits per heavy atom. The lowest BCUT2D eigenvalue weighted by atomic mass is 10.1. The number of thiazole rings is 1. The lowest BCUT2D eigenvalue weighted by molar-refractivity contribution is 0.0958. The fourth-order valence-corrected chi connectivity index (χ4v) is 4.13. The molecule has 0 fully saturated rings. The van der Waals surface area contributed by atoms with E-state index in [0.717, 1.165) is 45.6 Å². The first-order valence-corrected chi connectivity index (χ1v) is 9.79. The summed E-state index contributed by atoms with van der Waals surface area (Å²) in [6, 6.07) is 7.95. The number of ether oxygens (including phenoxy) is 1. The Kier molecular flexibility index (Phi) is 5.08. The molecule has 1 aliphatic carbocycles. The summed E-state index contributed by atoms with van der Waals surface area (Å²) in [6.45, 7) is 1.83. The molecule has 2 aromatic heterocycles. The highest BCUT2D eigenvalue weighted by Crippen LogP contribution is 2.32. The summed E-state index contributed by atoms with van der Waals surface area (Å²) >= 11 is 1.35. The number of rotatable bonds is 5. The highest BCUT2D eigenvalue weighted by atomic mass is 32.1. The Morgan fingerprint density at radius 1 is 1.39 bits per heavy atom. The fourth-order valence-electron chi connectivity index (χ4n) is 3.13. The normalized spacial score (nSPS) is 14.2. The van der Waals surface area contributed by atoms with Crippen LogP contribution >= 0.6 is 11.3 Å². The van der Waals surface area contributed by atoms with Crippen LogP contribution in [-0.2, 0) is 4.74 Å². The van der Waals surface area contributed by atoms with Gasteiger partial charge in [0.25, 0.3) is 5.91 Å². The highest BCUT2D eigenvalue weighted by molar-refractivity contribution is 7.14. The van der Waals surface area contributed by atoms with Crippen molar-refractivity contribution in [2.24, 2.45) is 5.10 Å². The number of methoxy groups -OCH3 is 1. The van der Waals surface area contributed by atoms with Gasteiger partial charge >= 0.3 is 0 Å². The molecule has 0 radical (unpaired) electrons. The number of aromatic amines is 1. The predicted octanol–water partition coefficient (Wildman–Crippen LogP) is 4.40. The van der Waals surface area contributed by atoms with Crippen molar-refractivity contribution in [2.45, 2.75) is 19.8 Å². The molecule has 3 aromatic rings. The monoisotopic (exact) mass is 392 g/mol. The number of nitrogens with one attached hydrogen (secondary N) is 2. The molecule has 0 spiro atoms. The van der Waals surface area contributed by atoms with E-state index < -0.39 is 0 Å². The van der Waals surface area contributed by atoms with Gasteiger partial charge < -0.3 is 9.72 Å². The summed E-state index contributed by atoms with van der Waals surface area (Å²) in [6.07, 6.45) is 9.43. The number of hydrazone groups is 1. The number of carbonyl (C=O) groups excluding carboxylic acids is 1. The molecule has 0 saturated carbocycles. The molecule has 0 saturated heterocycles. The average molecular weight is 392 g/mol. The minimum absolute atomic E-state index is 0.266. The van der Waals surface area contributed by atoms with Gasteiger partial charge in [0.2, 0.25) is 0 Å². The lowest BCUT2D eigenvalue weighted by Gasteiger charge is -2.12. The lowest BCUT2D eigenvalue weighted by Crippen LogP contribution is -2.17. The van der Waals surface area contributed by atoms with Crippen molar-refractivity contribution in [3.63, 3.8) is 0 Å². The number of fused-ring (bicyclic) bond motifs is 1. The molecule has 7 heteroatoms. The zero-order valence-electron chi connectivity index (χ0n) is 15.7. The number of carbonyl (C=O) groups is 1. The second-order valence-electron chi connectivity index (χ2n) is 6.44. The van der Waals surface area contributed by atoms with Crippen LogP contribution in [0.1, 0.15) is 38.8 Å². The molecular weight excluding hydrogens is 372 g/mol. The average Bonchev–Trinajstić information content (AvgIpc) is 3.33. The summed E-state index contributed by atoms with van der Waals surface area (Å²) in [5.74, 6) is 0.638. The Labute approximate surface area is 166 Å². The van der Waals surface area contributed by atoms with Gasteiger partial charge in [-0.3, -0.25) is 4.79 Å². The van der Waals surface area contributed by atoms with E-state index in [9.17, 15) is 4.79 Å². The smallest absolute Gasteiger partial charge is 0.283 e. The largest absolute Gasteiger partial charge is 0.500 e. The minimum atomic E-state index is -0.266. The number of hydrogen-bond donors (Lipinski definition) is 2. The van der Waals surface area contributed by atoms with Gasteiger partial charge in [0.15, 0.2) is 0 Å². The van der Waals surface area contributed by atoms with Crippen LogP contribution in [0.3, 0.4) is 0 Å². The van der Waals surface area contributed by atoms with Gasteiger partial charge in [0.1, 0.15) is 15.6 Å². The van der Waals surface area contributed by atoms with E-state index in [2.05, 4.69) is 26.6 Å². The van der Waals surface area contributed by atoms with Crippen LogP contribution in [0.5, 0.6) is 0 Å². The number of H-pyrrole nitrogens is 1. The van der Waals surface area contributed by atoms with Crippen LogP contribution in [0.2, 0.25) is 0 Å². The van der Waals surface area contributed by atoms with E-state index in [4.69, 9.17) is 4.74 Å². The maximum atomic E-state index is 12.5. The van der Waals surface area contributed by atoms with Gasteiger partial charge in [-0.2, -0.15) is 5.10 Å². The Hall–Kier alpha value is -3.19. The summed E-state index contributed by atoms with van der Waals surface area (Å²) in [7, 11) is 1.67. The van der Waals surface area contributed by atoms with Crippen molar-refractivity contribution >= 4 is 39.9 Å². The van der Waals surface area contributed by atoms with E-state index in [-0.39, 0.29) is 5.91 Å². The molecule has 28 heavy (non-hydrogen) atoms. The second kappa shape index (κ2) is 7.82. The molecule has 2 N–H and O–H groups in total. The van der Waals surface area contributed by atoms with E-state index >= 15 is 0 Å². The predicted molar refractivity (Wildman–Crippen MR) is 113 cm³/mol. The molecule has 2 heterocycles. The second-order valence-corrected chi connectivity index (χ2v) is 7.44. The summed E-state index contributed by atoms with van der Waals surface area (Å²) in [4.78, 5) is 20.8. The third-order valence-electron chi connectivity index (χ3n) is 4.56. The third kappa shape index (κ3) is 3.61. The molecule has 142 valence electrons. The number of aromatic nitrogens is 2. The van der Waals surface area contributed by atoms with Gasteiger partial charge in [-0.1, -0.05) is 24.3 Å². The molecule has 0 bridgehead atoms. The molecular formula is C21H20N4O2S. The van der Waals surface area contributed by atoms with Crippen LogP contribution in [-0.4, -0.2) is 29.2 Å². The van der Waals surface area contributed by atoms with Crippen molar-refractivity contribution in [2.75, 3.05) is 7.11 Å². The van der Waals surface area contributed by atoms with Crippen molar-refractivity contribution in [3.8, 4) is 0 Å². The topological polar surface area (TPSA) is 79.4 Å². The number of hydrogen-bond acceptors (Lipinski definition) is 5. The zero-order chi connectivity index (χ0) is 19.5. The first-order valence-electron chi connectivity index (χ1n) is 8.97. The van der Waals surface area contributed by atoms with Crippen LogP contribution in [0.25, 0.3) is 16.5 Å². The SMILES string of the molecule is COC1=C(c2nc(C)c(C(=O)N/N=C/c3ccc4cc[nH]c4c3)s2)C=CCC1. The third-order valence-corrected chi connectivity index (χ3v) is 5.75. The minimum Gasteiger partial charge on any atom is -0.500 e. The number of benzene rings is 1. The Balaban J connectivity index is 1.50. The van der Waals surface area contributed by atoms with Crippen LogP contribution in [0, 0.1) is 6.92 Å². The zero-order valence-corrected chi connectivity index (χ0v) is 16.5. The van der Waals surface area contributed by atoms with Gasteiger partial charge in [0, 0.05) is 23.7 Å². The van der Waals surface area contributed by atoms with Gasteiger partial charge in [-0.15, -0.1) is 11.3 Å². The maximum Gasteiger partial charge on any atom is 0.283 e. The van der Waals surface area contributed by atoms with Crippen molar-refractivity contribution < 1.29 is 9.53 Å². The fraction of sp³-hybridized carbons (Fsp3) is 0.190. The summed E-state index contributed by atoms with van der Waals surface area (Å²) in [5, 5.41) is 6.02. The molecule has 6 nitrogen and oxygen atoms in total. The quantitative estimate of drug-likeness (QED) is 0.499. The van der Waals surface area contributed by atoms with Crippen LogP contribution in [0.15, 0.2) is 53.5 Å². The van der Waals surface area contributed by atoms with E-state index in [1.165, 1.54) is 11.3 Å². The summed E-state index contributed by atoms with van der Waals surface area (Å²) < 4.78 is 5.47. The van der Waals surface area contributed by atoms with Crippen LogP contribution < -0.4 is 5.43 Å². The van der Waals surface area contributed by atoms with Gasteiger partial charge in [-0.25, -0.2) is 10.4 Å². The van der Waals surface area contributed by atoms with Gasteiger partial charge in [-0.05, 0) is 36.4 Å². The number of aryl methyl sites for hydroxylation is 1. The van der Waals surface area contributed by atoms with Gasteiger partial charge in [0.05, 0.1) is 19.0 Å². The molecule has 0 aliphatic heterocycles. The first kappa shape index (κ1) is 18.2. The highest BCUT2D eigenvalue weighted by Gasteiger charge is 2.19. The number of nitrogens with zero attached hydrogens (tertiary/aromatic N) is 2. The Bertz CT molecular complexity index is 1120. The molecule has 1 aromatic carbocycles. The van der Waals surface area contributed by atoms with Crippen molar-refractivity contribution in [1.29, 1.82) is 0 Å². The Morgan fingerprint density at radius 3 is 3.14 bits per heavy atom. The molecule has 0 unspecified atom stereocenters. The van der Waals surface area contributed by atoms with Crippen molar-refractivity contribution in [1.82, 2.24) is 15.4 Å². The molecule has 1 aliphatic rings. The molecule has 0 atom stereocenters. The number of amides is 1. The van der Waals surface area contributed by atoms with E-state index in [1.54, 1.807) is 13.3 Å². The molecule has 1 amide bonds. The number of allylic oxidation sites excluding steroid dienone is 4. The van der Waals surface area contributed by atoms with Crippen LogP contribution in [0.4, 0.5) is 0 Å². The first-order chi connectivity index (χ1) is 13.7. The van der Waals surface area contributed by atoms with E-state index in [1.807, 2.05) is 43.5 Å². The maximum absolute atomic E-state index is 12.5. The van der Waals surface area contributed by atoms with E-state index in [0.29, 0.717) is 10.6 Å².